The molecule has 0 atom stereocenters. The van der Waals surface area contributed by atoms with Crippen LogP contribution in [0.3, 0.4) is 0 Å². The smallest absolute Gasteiger partial charge is 0.190 e. The monoisotopic (exact) mass is 225 g/mol. The number of alkyl halides is 2. The minimum atomic E-state index is -0.825. The third kappa shape index (κ3) is 3.01. The van der Waals surface area contributed by atoms with E-state index >= 15 is 0 Å². The summed E-state index contributed by atoms with van der Waals surface area (Å²) in [5.74, 6) is -2.13. The predicted molar refractivity (Wildman–Crippen MR) is 46.2 cm³/mol. The quantitative estimate of drug-likeness (QED) is 0.720. The van der Waals surface area contributed by atoms with Gasteiger partial charge in [-0.15, -0.1) is 23.2 Å². The summed E-state index contributed by atoms with van der Waals surface area (Å²) in [7, 11) is 0. The second-order valence-electron chi connectivity index (χ2n) is 2.18. The molecule has 0 aliphatic heterocycles. The summed E-state index contributed by atoms with van der Waals surface area (Å²) >= 11 is 10.6. The van der Waals surface area contributed by atoms with E-state index in [-0.39, 0.29) is 6.61 Å². The molecule has 1 nitrogen and oxygen atoms in total. The zero-order valence-corrected chi connectivity index (χ0v) is 7.87. The van der Waals surface area contributed by atoms with Crippen molar-refractivity contribution in [1.82, 2.24) is 0 Å². The van der Waals surface area contributed by atoms with Gasteiger partial charge in [-0.1, -0.05) is 0 Å². The molecule has 1 aromatic rings. The van der Waals surface area contributed by atoms with Gasteiger partial charge in [0.1, 0.15) is 11.4 Å². The van der Waals surface area contributed by atoms with Gasteiger partial charge in [0, 0.05) is 0 Å². The van der Waals surface area contributed by atoms with Gasteiger partial charge in [0.05, 0.1) is 0 Å². The Bertz CT molecular complexity index is 271. The molecule has 71 valence electrons. The molecule has 0 saturated carbocycles. The molecule has 0 amide bonds. The Morgan fingerprint density at radius 1 is 1.31 bits per heavy atom. The van der Waals surface area contributed by atoms with Crippen molar-refractivity contribution in [2.75, 3.05) is 6.61 Å². The highest BCUT2D eigenvalue weighted by Crippen LogP contribution is 2.21. The average molecular weight is 226 g/mol. The first-order valence-corrected chi connectivity index (χ1v) is 4.24. The Morgan fingerprint density at radius 3 is 2.31 bits per heavy atom. The lowest BCUT2D eigenvalue weighted by molar-refractivity contribution is 0.298. The molecule has 0 aliphatic carbocycles. The van der Waals surface area contributed by atoms with Crippen LogP contribution in [0.15, 0.2) is 12.1 Å². The first kappa shape index (κ1) is 10.5. The topological polar surface area (TPSA) is 9.23 Å². The molecule has 0 N–H and O–H groups in total. The zero-order valence-electron chi connectivity index (χ0n) is 6.36. The minimum absolute atomic E-state index is 0.166. The second-order valence-corrected chi connectivity index (χ2v) is 3.46. The van der Waals surface area contributed by atoms with Crippen LogP contribution in [0.5, 0.6) is 5.75 Å². The first-order valence-electron chi connectivity index (χ1n) is 3.37. The molecule has 1 aromatic carbocycles. The lowest BCUT2D eigenvalue weighted by Gasteiger charge is -2.07. The summed E-state index contributed by atoms with van der Waals surface area (Å²) in [6.07, 6.45) is 0. The van der Waals surface area contributed by atoms with Crippen molar-refractivity contribution in [2.24, 2.45) is 0 Å². The van der Waals surface area contributed by atoms with Gasteiger partial charge in [0.15, 0.2) is 17.4 Å². The third-order valence-electron chi connectivity index (χ3n) is 1.21. The van der Waals surface area contributed by atoms with Gasteiger partial charge in [0.2, 0.25) is 0 Å². The van der Waals surface area contributed by atoms with E-state index in [1.165, 1.54) is 0 Å². The molecule has 0 aliphatic rings. The summed E-state index contributed by atoms with van der Waals surface area (Å²) in [4.78, 5) is -0.817. The van der Waals surface area contributed by atoms with E-state index in [1.54, 1.807) is 0 Å². The Labute approximate surface area is 84.2 Å². The lowest BCUT2D eigenvalue weighted by atomic mass is 10.3. The molecule has 0 saturated heterocycles. The Balaban J connectivity index is 2.75. The molecule has 1 radical (unpaired) electrons. The maximum atomic E-state index is 12.8. The van der Waals surface area contributed by atoms with Crippen LogP contribution in [0.2, 0.25) is 0 Å². The van der Waals surface area contributed by atoms with E-state index in [9.17, 15) is 8.78 Å². The number of benzene rings is 1. The summed E-state index contributed by atoms with van der Waals surface area (Å²) in [6, 6.07) is 4.20. The first-order chi connectivity index (χ1) is 6.11. The SMILES string of the molecule is Fc1c[c]cc(F)c1OCC(Cl)Cl. The fraction of sp³-hybridized carbons (Fsp3) is 0.250. The van der Waals surface area contributed by atoms with Crippen LogP contribution in [-0.4, -0.2) is 11.4 Å². The van der Waals surface area contributed by atoms with E-state index in [2.05, 4.69) is 6.07 Å². The van der Waals surface area contributed by atoms with Crippen LogP contribution in [0.25, 0.3) is 0 Å². The summed E-state index contributed by atoms with van der Waals surface area (Å²) in [6.45, 7) is -0.166. The summed E-state index contributed by atoms with van der Waals surface area (Å²) in [5, 5.41) is 0. The molecule has 0 heterocycles. The molecular weight excluding hydrogens is 221 g/mol. The molecule has 0 fully saturated rings. The number of hydrogen-bond donors (Lipinski definition) is 0. The van der Waals surface area contributed by atoms with E-state index in [4.69, 9.17) is 27.9 Å². The zero-order chi connectivity index (χ0) is 9.84. The summed E-state index contributed by atoms with van der Waals surface area (Å²) in [5.41, 5.74) is 0. The van der Waals surface area contributed by atoms with Crippen LogP contribution >= 0.6 is 23.2 Å². The number of rotatable bonds is 3. The molecule has 5 heteroatoms. The van der Waals surface area contributed by atoms with Crippen molar-refractivity contribution in [3.63, 3.8) is 0 Å². The highest BCUT2D eigenvalue weighted by atomic mass is 35.5. The van der Waals surface area contributed by atoms with Gasteiger partial charge in [-0.2, -0.15) is 0 Å². The standard InChI is InChI=1S/C8H5Cl2F2O/c9-7(10)4-13-8-5(11)2-1-3-6(8)12/h2-3,7H,4H2. The van der Waals surface area contributed by atoms with Gasteiger partial charge in [0.25, 0.3) is 0 Å². The molecule has 0 bridgehead atoms. The molecule has 13 heavy (non-hydrogen) atoms. The van der Waals surface area contributed by atoms with Crippen molar-refractivity contribution < 1.29 is 13.5 Å². The van der Waals surface area contributed by atoms with E-state index in [0.717, 1.165) is 12.1 Å². The maximum absolute atomic E-state index is 12.8. The molecule has 0 spiro atoms. The average Bonchev–Trinajstić information content (AvgIpc) is 2.03. The van der Waals surface area contributed by atoms with Gasteiger partial charge < -0.3 is 4.74 Å². The fourth-order valence-electron chi connectivity index (χ4n) is 0.717. The molecule has 0 aromatic heterocycles. The summed E-state index contributed by atoms with van der Waals surface area (Å²) < 4.78 is 30.3. The second kappa shape index (κ2) is 4.63. The third-order valence-corrected chi connectivity index (χ3v) is 1.46. The van der Waals surface area contributed by atoms with Gasteiger partial charge >= 0.3 is 0 Å². The number of hydrogen-bond acceptors (Lipinski definition) is 1. The molecule has 1 rings (SSSR count). The predicted octanol–water partition coefficient (Wildman–Crippen LogP) is 2.95. The van der Waals surface area contributed by atoms with Crippen LogP contribution in [0.1, 0.15) is 0 Å². The Morgan fingerprint density at radius 2 is 1.85 bits per heavy atom. The minimum Gasteiger partial charge on any atom is -0.485 e. The van der Waals surface area contributed by atoms with E-state index in [0.29, 0.717) is 0 Å². The van der Waals surface area contributed by atoms with Gasteiger partial charge in [-0.05, 0) is 18.2 Å². The van der Waals surface area contributed by atoms with E-state index < -0.39 is 22.2 Å². The maximum Gasteiger partial charge on any atom is 0.190 e. The number of halogens is 4. The van der Waals surface area contributed by atoms with Crippen molar-refractivity contribution >= 4 is 23.2 Å². The fourth-order valence-corrected chi connectivity index (χ4v) is 0.843. The largest absolute Gasteiger partial charge is 0.485 e. The van der Waals surface area contributed by atoms with Crippen molar-refractivity contribution in [3.8, 4) is 5.75 Å². The lowest BCUT2D eigenvalue weighted by Crippen LogP contribution is -2.07. The van der Waals surface area contributed by atoms with E-state index in [1.807, 2.05) is 0 Å². The molecule has 0 unspecified atom stereocenters. The van der Waals surface area contributed by atoms with Crippen molar-refractivity contribution in [3.05, 3.63) is 29.8 Å². The van der Waals surface area contributed by atoms with Gasteiger partial charge in [-0.3, -0.25) is 0 Å². The van der Waals surface area contributed by atoms with Crippen LogP contribution in [0, 0.1) is 17.7 Å². The highest BCUT2D eigenvalue weighted by Gasteiger charge is 2.10. The number of ether oxygens (including phenoxy) is 1. The highest BCUT2D eigenvalue weighted by molar-refractivity contribution is 6.44. The van der Waals surface area contributed by atoms with Crippen LogP contribution in [0.4, 0.5) is 8.78 Å². The van der Waals surface area contributed by atoms with Crippen LogP contribution < -0.4 is 4.74 Å². The van der Waals surface area contributed by atoms with Crippen molar-refractivity contribution in [2.45, 2.75) is 4.84 Å². The molecular formula is C8H5Cl2F2O. The van der Waals surface area contributed by atoms with Crippen molar-refractivity contribution in [1.29, 1.82) is 0 Å². The normalized spacial score (nSPS) is 10.5. The van der Waals surface area contributed by atoms with Crippen LogP contribution in [-0.2, 0) is 0 Å². The Kier molecular flexibility index (Phi) is 3.75. The van der Waals surface area contributed by atoms with Gasteiger partial charge in [-0.25, -0.2) is 8.78 Å². The Hall–Kier alpha value is -0.540.